The topological polar surface area (TPSA) is 84.9 Å². The highest BCUT2D eigenvalue weighted by molar-refractivity contribution is 7.89. The van der Waals surface area contributed by atoms with Crippen molar-refractivity contribution in [3.63, 3.8) is 0 Å². The molecule has 0 unspecified atom stereocenters. The Morgan fingerprint density at radius 3 is 2.21 bits per heavy atom. The van der Waals surface area contributed by atoms with Gasteiger partial charge in [0.05, 0.1) is 11.4 Å². The molecule has 0 saturated carbocycles. The number of benzene rings is 2. The maximum Gasteiger partial charge on any atom is 0.258 e. The van der Waals surface area contributed by atoms with Crippen molar-refractivity contribution in [2.75, 3.05) is 33.9 Å². The van der Waals surface area contributed by atoms with Crippen LogP contribution >= 0.6 is 0 Å². The number of hydrogen-bond acceptors (Lipinski definition) is 5. The Balaban J connectivity index is 1.72. The summed E-state index contributed by atoms with van der Waals surface area (Å²) in [6.45, 7) is 4.50. The van der Waals surface area contributed by atoms with E-state index in [1.807, 2.05) is 32.0 Å². The van der Waals surface area contributed by atoms with Crippen LogP contribution in [0.2, 0.25) is 0 Å². The van der Waals surface area contributed by atoms with Crippen LogP contribution in [0.4, 0.5) is 0 Å². The first-order valence-corrected chi connectivity index (χ1v) is 10.3. The third-order valence-electron chi connectivity index (χ3n) is 4.14. The second-order valence-corrected chi connectivity index (χ2v) is 8.64. The van der Waals surface area contributed by atoms with E-state index in [1.54, 1.807) is 12.1 Å². The molecule has 8 heteroatoms. The van der Waals surface area contributed by atoms with Gasteiger partial charge in [0.15, 0.2) is 6.61 Å². The molecule has 0 aliphatic rings. The molecule has 28 heavy (non-hydrogen) atoms. The lowest BCUT2D eigenvalue weighted by Crippen LogP contribution is -2.32. The maximum atomic E-state index is 12.0. The third kappa shape index (κ3) is 5.97. The minimum Gasteiger partial charge on any atom is -0.492 e. The second kappa shape index (κ2) is 9.57. The molecule has 2 aromatic carbocycles. The average Bonchev–Trinajstić information content (AvgIpc) is 2.66. The molecule has 0 aromatic heterocycles. The minimum absolute atomic E-state index is 0.0698. The van der Waals surface area contributed by atoms with Gasteiger partial charge in [0.2, 0.25) is 10.0 Å². The van der Waals surface area contributed by atoms with Crippen molar-refractivity contribution in [2.24, 2.45) is 0 Å². The summed E-state index contributed by atoms with van der Waals surface area (Å²) < 4.78 is 36.1. The van der Waals surface area contributed by atoms with E-state index in [2.05, 4.69) is 5.32 Å². The van der Waals surface area contributed by atoms with Gasteiger partial charge in [-0.1, -0.05) is 6.07 Å². The van der Waals surface area contributed by atoms with E-state index in [0.717, 1.165) is 9.87 Å². The van der Waals surface area contributed by atoms with E-state index in [-0.39, 0.29) is 24.0 Å². The van der Waals surface area contributed by atoms with Gasteiger partial charge in [-0.15, -0.1) is 0 Å². The number of carbonyl (C=O) groups excluding carboxylic acids is 1. The number of ether oxygens (including phenoxy) is 2. The SMILES string of the molecule is Cc1ccc(OCC(=O)NCCOc2ccc(S(=O)(=O)N(C)C)cc2)cc1C. The molecule has 0 bridgehead atoms. The Hall–Kier alpha value is -2.58. The summed E-state index contributed by atoms with van der Waals surface area (Å²) in [6.07, 6.45) is 0. The van der Waals surface area contributed by atoms with Crippen LogP contribution in [0.25, 0.3) is 0 Å². The van der Waals surface area contributed by atoms with Gasteiger partial charge in [0.1, 0.15) is 18.1 Å². The summed E-state index contributed by atoms with van der Waals surface area (Å²) in [5.74, 6) is 0.940. The highest BCUT2D eigenvalue weighted by Crippen LogP contribution is 2.18. The summed E-state index contributed by atoms with van der Waals surface area (Å²) >= 11 is 0. The van der Waals surface area contributed by atoms with Gasteiger partial charge in [-0.25, -0.2) is 12.7 Å². The second-order valence-electron chi connectivity index (χ2n) is 6.49. The quantitative estimate of drug-likeness (QED) is 0.645. The predicted octanol–water partition coefficient (Wildman–Crippen LogP) is 2.13. The van der Waals surface area contributed by atoms with Crippen molar-refractivity contribution in [3.8, 4) is 11.5 Å². The zero-order valence-electron chi connectivity index (χ0n) is 16.6. The molecule has 0 atom stereocenters. The number of amides is 1. The molecule has 0 radical (unpaired) electrons. The smallest absolute Gasteiger partial charge is 0.258 e. The fourth-order valence-electron chi connectivity index (χ4n) is 2.28. The van der Waals surface area contributed by atoms with Crippen molar-refractivity contribution in [1.82, 2.24) is 9.62 Å². The molecule has 0 saturated heterocycles. The van der Waals surface area contributed by atoms with Gasteiger partial charge >= 0.3 is 0 Å². The molecule has 0 spiro atoms. The number of aryl methyl sites for hydroxylation is 2. The number of carbonyl (C=O) groups is 1. The number of rotatable bonds is 9. The standard InChI is InChI=1S/C20H26N2O5S/c1-15-5-6-18(13-16(15)2)27-14-20(23)21-11-12-26-17-7-9-19(10-8-17)28(24,25)22(3)4/h5-10,13H,11-12,14H2,1-4H3,(H,21,23). The van der Waals surface area contributed by atoms with E-state index in [1.165, 1.54) is 31.8 Å². The van der Waals surface area contributed by atoms with Gasteiger partial charge in [-0.05, 0) is 61.4 Å². The fourth-order valence-corrected chi connectivity index (χ4v) is 3.18. The molecule has 0 heterocycles. The molecule has 2 rings (SSSR count). The number of hydrogen-bond donors (Lipinski definition) is 1. The monoisotopic (exact) mass is 406 g/mol. The number of sulfonamides is 1. The first-order chi connectivity index (χ1) is 13.2. The lowest BCUT2D eigenvalue weighted by molar-refractivity contribution is -0.123. The fraction of sp³-hybridized carbons (Fsp3) is 0.350. The van der Waals surface area contributed by atoms with E-state index in [9.17, 15) is 13.2 Å². The summed E-state index contributed by atoms with van der Waals surface area (Å²) in [4.78, 5) is 12.0. The van der Waals surface area contributed by atoms with Gasteiger partial charge in [-0.2, -0.15) is 0 Å². The molecule has 1 amide bonds. The molecule has 152 valence electrons. The van der Waals surface area contributed by atoms with Crippen LogP contribution in [0.5, 0.6) is 11.5 Å². The van der Waals surface area contributed by atoms with Crippen LogP contribution in [0, 0.1) is 13.8 Å². The highest BCUT2D eigenvalue weighted by Gasteiger charge is 2.16. The van der Waals surface area contributed by atoms with Crippen LogP contribution in [-0.2, 0) is 14.8 Å². The van der Waals surface area contributed by atoms with Gasteiger partial charge < -0.3 is 14.8 Å². The molecule has 0 aliphatic carbocycles. The molecule has 0 aliphatic heterocycles. The molecular weight excluding hydrogens is 380 g/mol. The van der Waals surface area contributed by atoms with E-state index < -0.39 is 10.0 Å². The largest absolute Gasteiger partial charge is 0.492 e. The van der Waals surface area contributed by atoms with E-state index in [4.69, 9.17) is 9.47 Å². The average molecular weight is 407 g/mol. The van der Waals surface area contributed by atoms with E-state index in [0.29, 0.717) is 18.0 Å². The summed E-state index contributed by atoms with van der Waals surface area (Å²) in [6, 6.07) is 11.8. The van der Waals surface area contributed by atoms with E-state index >= 15 is 0 Å². The number of nitrogens with one attached hydrogen (secondary N) is 1. The Morgan fingerprint density at radius 1 is 0.964 bits per heavy atom. The first kappa shape index (κ1) is 21.7. The Morgan fingerprint density at radius 2 is 1.61 bits per heavy atom. The molecule has 1 N–H and O–H groups in total. The number of nitrogens with zero attached hydrogens (tertiary/aromatic N) is 1. The normalized spacial score (nSPS) is 11.3. The van der Waals surface area contributed by atoms with Crippen LogP contribution in [0.15, 0.2) is 47.4 Å². The zero-order chi connectivity index (χ0) is 20.7. The van der Waals surface area contributed by atoms with Crippen LogP contribution in [0.3, 0.4) is 0 Å². The zero-order valence-corrected chi connectivity index (χ0v) is 17.4. The van der Waals surface area contributed by atoms with Crippen molar-refractivity contribution in [1.29, 1.82) is 0 Å². The van der Waals surface area contributed by atoms with Crippen LogP contribution in [-0.4, -0.2) is 52.5 Å². The van der Waals surface area contributed by atoms with Crippen molar-refractivity contribution < 1.29 is 22.7 Å². The molecule has 0 fully saturated rings. The predicted molar refractivity (Wildman–Crippen MR) is 107 cm³/mol. The summed E-state index contributed by atoms with van der Waals surface area (Å²) in [5.41, 5.74) is 2.28. The lowest BCUT2D eigenvalue weighted by atomic mass is 10.1. The summed E-state index contributed by atoms with van der Waals surface area (Å²) in [7, 11) is -0.501. The Kier molecular flexibility index (Phi) is 7.42. The summed E-state index contributed by atoms with van der Waals surface area (Å²) in [5, 5.41) is 2.71. The maximum absolute atomic E-state index is 12.0. The molecule has 2 aromatic rings. The lowest BCUT2D eigenvalue weighted by Gasteiger charge is -2.12. The van der Waals surface area contributed by atoms with Crippen LogP contribution < -0.4 is 14.8 Å². The van der Waals surface area contributed by atoms with Crippen molar-refractivity contribution in [3.05, 3.63) is 53.6 Å². The highest BCUT2D eigenvalue weighted by atomic mass is 32.2. The third-order valence-corrected chi connectivity index (χ3v) is 5.97. The van der Waals surface area contributed by atoms with Crippen molar-refractivity contribution in [2.45, 2.75) is 18.7 Å². The Bertz CT molecular complexity index is 909. The van der Waals surface area contributed by atoms with Crippen LogP contribution in [0.1, 0.15) is 11.1 Å². The van der Waals surface area contributed by atoms with Gasteiger partial charge in [0.25, 0.3) is 5.91 Å². The van der Waals surface area contributed by atoms with Crippen molar-refractivity contribution >= 4 is 15.9 Å². The molecule has 7 nitrogen and oxygen atoms in total. The first-order valence-electron chi connectivity index (χ1n) is 8.82. The van der Waals surface area contributed by atoms with Gasteiger partial charge in [-0.3, -0.25) is 4.79 Å². The molecular formula is C20H26N2O5S. The Labute approximate surface area is 166 Å². The minimum atomic E-state index is -3.46. The van der Waals surface area contributed by atoms with Gasteiger partial charge in [0, 0.05) is 14.1 Å².